The maximum absolute atomic E-state index is 12.5. The number of hydrogen-bond donors (Lipinski definition) is 0. The number of alkyl halides is 6. The van der Waals surface area contributed by atoms with Gasteiger partial charge in [-0.15, -0.1) is 0 Å². The van der Waals surface area contributed by atoms with Crippen LogP contribution in [0.5, 0.6) is 0 Å². The molecule has 0 saturated heterocycles. The van der Waals surface area contributed by atoms with Crippen molar-refractivity contribution in [1.82, 2.24) is 4.98 Å². The molecular weight excluding hydrogens is 250 g/mol. The van der Waals surface area contributed by atoms with Crippen LogP contribution in [0.2, 0.25) is 0 Å². The molecule has 0 aliphatic rings. The minimum Gasteiger partial charge on any atom is -0.233 e. The Kier molecular flexibility index (Phi) is 2.82. The van der Waals surface area contributed by atoms with Crippen LogP contribution in [0.25, 0.3) is 0 Å². The van der Waals surface area contributed by atoms with Crippen molar-refractivity contribution in [3.63, 3.8) is 0 Å². The first kappa shape index (κ1) is 12.7. The molecule has 0 radical (unpaired) electrons. The van der Waals surface area contributed by atoms with Gasteiger partial charge in [-0.1, -0.05) is 0 Å². The number of halogens is 8. The van der Waals surface area contributed by atoms with E-state index >= 15 is 0 Å². The zero-order valence-electron chi connectivity index (χ0n) is 7.05. The van der Waals surface area contributed by atoms with Crippen molar-refractivity contribution in [3.05, 3.63) is 29.1 Å². The van der Waals surface area contributed by atoms with E-state index in [1.54, 1.807) is 0 Å². The topological polar surface area (TPSA) is 12.9 Å². The van der Waals surface area contributed by atoms with Gasteiger partial charge in [-0.25, -0.2) is 13.8 Å². The van der Waals surface area contributed by atoms with Crippen molar-refractivity contribution < 1.29 is 35.1 Å². The van der Waals surface area contributed by atoms with Gasteiger partial charge in [0.05, 0.1) is 0 Å². The second-order valence-electron chi connectivity index (χ2n) is 2.64. The molecule has 1 nitrogen and oxygen atoms in total. The molecule has 0 saturated carbocycles. The van der Waals surface area contributed by atoms with Gasteiger partial charge in [0, 0.05) is 6.07 Å². The maximum atomic E-state index is 12.5. The first-order chi connectivity index (χ1) is 7.03. The summed E-state index contributed by atoms with van der Waals surface area (Å²) in [6.45, 7) is 0. The molecule has 0 amide bonds. The van der Waals surface area contributed by atoms with Crippen molar-refractivity contribution in [3.8, 4) is 0 Å². The first-order valence-corrected chi connectivity index (χ1v) is 3.54. The molecule has 0 spiro atoms. The minimum absolute atomic E-state index is 0.501. The van der Waals surface area contributed by atoms with E-state index in [9.17, 15) is 35.1 Å². The van der Waals surface area contributed by atoms with Gasteiger partial charge in [-0.05, 0) is 0 Å². The van der Waals surface area contributed by atoms with Crippen LogP contribution in [0.15, 0.2) is 6.07 Å². The predicted molar refractivity (Wildman–Crippen MR) is 34.2 cm³/mol. The average molecular weight is 251 g/mol. The highest BCUT2D eigenvalue weighted by Gasteiger charge is 2.42. The van der Waals surface area contributed by atoms with Crippen molar-refractivity contribution in [2.24, 2.45) is 0 Å². The van der Waals surface area contributed by atoms with Crippen LogP contribution in [0.4, 0.5) is 35.1 Å². The Hall–Kier alpha value is -1.41. The average Bonchev–Trinajstić information content (AvgIpc) is 1.97. The van der Waals surface area contributed by atoms with E-state index < -0.39 is 41.4 Å². The summed E-state index contributed by atoms with van der Waals surface area (Å²) in [5.41, 5.74) is -4.80. The monoisotopic (exact) mass is 251 g/mol. The number of pyridine rings is 1. The van der Waals surface area contributed by atoms with E-state index in [0.29, 0.717) is 0 Å². The highest BCUT2D eigenvalue weighted by molar-refractivity contribution is 5.19. The SMILES string of the molecule is Fc1cc(F)c(C(F)(F)F)nc1C(F)(F)F. The van der Waals surface area contributed by atoms with Gasteiger partial charge >= 0.3 is 12.4 Å². The summed E-state index contributed by atoms with van der Waals surface area (Å²) in [4.78, 5) is 1.91. The molecule has 0 atom stereocenters. The number of nitrogens with zero attached hydrogens (tertiary/aromatic N) is 1. The third kappa shape index (κ3) is 2.39. The van der Waals surface area contributed by atoms with Gasteiger partial charge in [-0.3, -0.25) is 0 Å². The summed E-state index contributed by atoms with van der Waals surface area (Å²) >= 11 is 0. The Morgan fingerprint density at radius 2 is 1.06 bits per heavy atom. The molecule has 0 unspecified atom stereocenters. The maximum Gasteiger partial charge on any atom is 0.436 e. The molecule has 0 bridgehead atoms. The summed E-state index contributed by atoms with van der Waals surface area (Å²) in [7, 11) is 0. The van der Waals surface area contributed by atoms with Crippen LogP contribution >= 0.6 is 0 Å². The van der Waals surface area contributed by atoms with E-state index in [-0.39, 0.29) is 0 Å². The third-order valence-electron chi connectivity index (χ3n) is 1.47. The fourth-order valence-corrected chi connectivity index (χ4v) is 0.864. The third-order valence-corrected chi connectivity index (χ3v) is 1.47. The Balaban J connectivity index is 3.45. The smallest absolute Gasteiger partial charge is 0.233 e. The normalized spacial score (nSPS) is 13.0. The Bertz CT molecular complexity index is 369. The molecule has 0 aromatic carbocycles. The van der Waals surface area contributed by atoms with Crippen LogP contribution in [0.1, 0.15) is 11.4 Å². The molecule has 1 aromatic rings. The second kappa shape index (κ2) is 3.56. The Morgan fingerprint density at radius 1 is 0.750 bits per heavy atom. The molecule has 0 fully saturated rings. The van der Waals surface area contributed by atoms with E-state index in [1.807, 2.05) is 4.98 Å². The lowest BCUT2D eigenvalue weighted by Crippen LogP contribution is -2.18. The zero-order valence-corrected chi connectivity index (χ0v) is 7.05. The molecule has 1 aromatic heterocycles. The van der Waals surface area contributed by atoms with Crippen LogP contribution < -0.4 is 0 Å². The molecule has 16 heavy (non-hydrogen) atoms. The number of aromatic nitrogens is 1. The summed E-state index contributed by atoms with van der Waals surface area (Å²) in [5.74, 6) is -4.39. The second-order valence-corrected chi connectivity index (χ2v) is 2.64. The van der Waals surface area contributed by atoms with E-state index in [1.165, 1.54) is 0 Å². The molecular formula is C7HF8N. The van der Waals surface area contributed by atoms with Gasteiger partial charge < -0.3 is 0 Å². The highest BCUT2D eigenvalue weighted by Crippen LogP contribution is 2.35. The first-order valence-electron chi connectivity index (χ1n) is 3.54. The lowest BCUT2D eigenvalue weighted by atomic mass is 10.2. The molecule has 90 valence electrons. The lowest BCUT2D eigenvalue weighted by Gasteiger charge is -2.11. The van der Waals surface area contributed by atoms with Gasteiger partial charge in [-0.2, -0.15) is 26.3 Å². The summed E-state index contributed by atoms with van der Waals surface area (Å²) < 4.78 is 96.8. The van der Waals surface area contributed by atoms with Crippen LogP contribution in [-0.4, -0.2) is 4.98 Å². The summed E-state index contributed by atoms with van der Waals surface area (Å²) in [6, 6.07) is -0.501. The molecule has 1 rings (SSSR count). The minimum atomic E-state index is -5.42. The van der Waals surface area contributed by atoms with Crippen molar-refractivity contribution in [2.45, 2.75) is 12.4 Å². The van der Waals surface area contributed by atoms with E-state index in [4.69, 9.17) is 0 Å². The molecule has 9 heteroatoms. The standard InChI is InChI=1S/C7HF8N/c8-2-1-3(9)5(7(13,14)15)16-4(2)6(10,11)12/h1H. The fourth-order valence-electron chi connectivity index (χ4n) is 0.864. The Labute approximate surface area is 82.7 Å². The summed E-state index contributed by atoms with van der Waals surface area (Å²) in [5, 5.41) is 0. The summed E-state index contributed by atoms with van der Waals surface area (Å²) in [6.07, 6.45) is -10.8. The van der Waals surface area contributed by atoms with E-state index in [2.05, 4.69) is 0 Å². The van der Waals surface area contributed by atoms with E-state index in [0.717, 1.165) is 0 Å². The highest BCUT2D eigenvalue weighted by atomic mass is 19.4. The number of hydrogen-bond acceptors (Lipinski definition) is 1. The molecule has 1 heterocycles. The lowest BCUT2D eigenvalue weighted by molar-refractivity contribution is -0.153. The van der Waals surface area contributed by atoms with Gasteiger partial charge in [0.1, 0.15) is 0 Å². The van der Waals surface area contributed by atoms with Gasteiger partial charge in [0.15, 0.2) is 23.0 Å². The van der Waals surface area contributed by atoms with Crippen molar-refractivity contribution in [1.29, 1.82) is 0 Å². The Morgan fingerprint density at radius 3 is 1.31 bits per heavy atom. The van der Waals surface area contributed by atoms with Crippen molar-refractivity contribution >= 4 is 0 Å². The van der Waals surface area contributed by atoms with Crippen LogP contribution in [0, 0.1) is 11.6 Å². The zero-order chi connectivity index (χ0) is 12.7. The van der Waals surface area contributed by atoms with Crippen LogP contribution in [-0.2, 0) is 12.4 Å². The van der Waals surface area contributed by atoms with Gasteiger partial charge in [0.25, 0.3) is 0 Å². The van der Waals surface area contributed by atoms with Crippen molar-refractivity contribution in [2.75, 3.05) is 0 Å². The largest absolute Gasteiger partial charge is 0.436 e. The fraction of sp³-hybridized carbons (Fsp3) is 0.286. The molecule has 0 aliphatic carbocycles. The predicted octanol–water partition coefficient (Wildman–Crippen LogP) is 3.40. The van der Waals surface area contributed by atoms with Gasteiger partial charge in [0.2, 0.25) is 0 Å². The molecule has 0 N–H and O–H groups in total. The number of rotatable bonds is 0. The molecule has 0 aliphatic heterocycles. The van der Waals surface area contributed by atoms with Crippen LogP contribution in [0.3, 0.4) is 0 Å². The quantitative estimate of drug-likeness (QED) is 0.644.